The number of amides is 1. The van der Waals surface area contributed by atoms with Crippen molar-refractivity contribution >= 4 is 6.09 Å². The van der Waals surface area contributed by atoms with E-state index in [1.807, 2.05) is 0 Å². The van der Waals surface area contributed by atoms with Gasteiger partial charge in [-0.25, -0.2) is 4.79 Å². The van der Waals surface area contributed by atoms with E-state index < -0.39 is 30.0 Å². The lowest BCUT2D eigenvalue weighted by atomic mass is 9.95. The molecule has 0 aliphatic carbocycles. The fraction of sp³-hybridized carbons (Fsp3) is 0.765. The molecule has 1 atom stereocenters. The molecule has 0 saturated heterocycles. The van der Waals surface area contributed by atoms with Gasteiger partial charge in [-0.15, -0.1) is 0 Å². The van der Waals surface area contributed by atoms with Gasteiger partial charge in [0.2, 0.25) is 0 Å². The summed E-state index contributed by atoms with van der Waals surface area (Å²) in [6.45, 7) is 5.91. The van der Waals surface area contributed by atoms with Crippen LogP contribution in [0.3, 0.4) is 0 Å². The van der Waals surface area contributed by atoms with E-state index in [1.165, 1.54) is 9.58 Å². The van der Waals surface area contributed by atoms with Crippen LogP contribution in [0.1, 0.15) is 50.6 Å². The van der Waals surface area contributed by atoms with Crippen molar-refractivity contribution in [1.29, 1.82) is 0 Å². The number of halogens is 2. The molecule has 0 spiro atoms. The number of carbonyl (C=O) groups excluding carboxylic acids is 1. The summed E-state index contributed by atoms with van der Waals surface area (Å²) < 4.78 is 36.4. The Morgan fingerprint density at radius 3 is 2.76 bits per heavy atom. The van der Waals surface area contributed by atoms with Gasteiger partial charge in [-0.3, -0.25) is 4.68 Å². The summed E-state index contributed by atoms with van der Waals surface area (Å²) in [6.07, 6.45) is 0.0145. The van der Waals surface area contributed by atoms with Crippen LogP contribution in [0.5, 0.6) is 0 Å². The van der Waals surface area contributed by atoms with E-state index in [9.17, 15) is 18.7 Å². The Morgan fingerprint density at radius 2 is 2.12 bits per heavy atom. The number of hydrogen-bond donors (Lipinski definition) is 1. The van der Waals surface area contributed by atoms with Gasteiger partial charge in [-0.1, -0.05) is 0 Å². The molecular formula is C17H25F2N3O3. The molecule has 8 heteroatoms. The van der Waals surface area contributed by atoms with Crippen molar-refractivity contribution in [2.24, 2.45) is 5.92 Å². The summed E-state index contributed by atoms with van der Waals surface area (Å²) >= 11 is 0. The first-order valence-electron chi connectivity index (χ1n) is 8.66. The summed E-state index contributed by atoms with van der Waals surface area (Å²) in [5, 5.41) is 13.7. The zero-order chi connectivity index (χ0) is 18.4. The molecule has 0 unspecified atom stereocenters. The molecule has 0 bridgehead atoms. The molecule has 1 amide bonds. The molecule has 1 N–H and O–H groups in total. The van der Waals surface area contributed by atoms with E-state index in [2.05, 4.69) is 5.10 Å². The lowest BCUT2D eigenvalue weighted by Gasteiger charge is -2.30. The minimum Gasteiger partial charge on any atom is -0.444 e. The van der Waals surface area contributed by atoms with Crippen LogP contribution in [0.2, 0.25) is 0 Å². The highest BCUT2D eigenvalue weighted by Crippen LogP contribution is 2.42. The SMILES string of the molecule is CC(C)(C)OC(=O)N1CCc2nn3c(c2C1)C(F)(F)C[C@H](CO)CC3. The Kier molecular flexibility index (Phi) is 4.51. The lowest BCUT2D eigenvalue weighted by molar-refractivity contribution is -0.0389. The number of aryl methyl sites for hydroxylation is 1. The third kappa shape index (κ3) is 3.63. The largest absolute Gasteiger partial charge is 0.444 e. The summed E-state index contributed by atoms with van der Waals surface area (Å²) in [5.74, 6) is -3.51. The average Bonchev–Trinajstić information content (AvgIpc) is 2.81. The van der Waals surface area contributed by atoms with Crippen molar-refractivity contribution in [2.45, 2.75) is 64.6 Å². The fourth-order valence-corrected chi connectivity index (χ4v) is 3.50. The van der Waals surface area contributed by atoms with Crippen molar-refractivity contribution < 1.29 is 23.4 Å². The summed E-state index contributed by atoms with van der Waals surface area (Å²) in [7, 11) is 0. The zero-order valence-corrected chi connectivity index (χ0v) is 14.9. The van der Waals surface area contributed by atoms with Crippen molar-refractivity contribution in [3.8, 4) is 0 Å². The monoisotopic (exact) mass is 357 g/mol. The number of aliphatic hydroxyl groups is 1. The maximum absolute atomic E-state index is 14.8. The van der Waals surface area contributed by atoms with Crippen molar-refractivity contribution in [3.63, 3.8) is 0 Å². The highest BCUT2D eigenvalue weighted by Gasteiger charge is 2.44. The minimum absolute atomic E-state index is 0.0823. The summed E-state index contributed by atoms with van der Waals surface area (Å²) in [4.78, 5) is 13.8. The molecule has 2 aliphatic rings. The number of rotatable bonds is 1. The molecule has 0 aromatic carbocycles. The first-order valence-corrected chi connectivity index (χ1v) is 8.66. The van der Waals surface area contributed by atoms with Gasteiger partial charge in [0, 0.05) is 38.1 Å². The number of nitrogens with zero attached hydrogens (tertiary/aromatic N) is 3. The number of ether oxygens (including phenoxy) is 1. The molecule has 1 aromatic heterocycles. The molecule has 3 rings (SSSR count). The molecule has 2 aliphatic heterocycles. The summed E-state index contributed by atoms with van der Waals surface area (Å²) in [6, 6.07) is 0. The van der Waals surface area contributed by atoms with Crippen LogP contribution in [0, 0.1) is 5.92 Å². The van der Waals surface area contributed by atoms with Gasteiger partial charge in [0.05, 0.1) is 12.2 Å². The van der Waals surface area contributed by atoms with E-state index in [0.717, 1.165) is 0 Å². The molecule has 0 fully saturated rings. The Balaban J connectivity index is 1.88. The number of alkyl halides is 2. The van der Waals surface area contributed by atoms with Crippen molar-refractivity contribution in [3.05, 3.63) is 17.0 Å². The molecule has 0 saturated carbocycles. The van der Waals surface area contributed by atoms with E-state index >= 15 is 0 Å². The number of aromatic nitrogens is 2. The lowest BCUT2D eigenvalue weighted by Crippen LogP contribution is -2.40. The third-order valence-corrected chi connectivity index (χ3v) is 4.65. The predicted molar refractivity (Wildman–Crippen MR) is 86.3 cm³/mol. The van der Waals surface area contributed by atoms with Crippen LogP contribution in [-0.4, -0.2) is 44.6 Å². The number of aliphatic hydroxyl groups excluding tert-OH is 1. The second-order valence-corrected chi connectivity index (χ2v) is 7.89. The van der Waals surface area contributed by atoms with Gasteiger partial charge < -0.3 is 14.7 Å². The van der Waals surface area contributed by atoms with E-state index in [4.69, 9.17) is 4.74 Å². The van der Waals surface area contributed by atoms with E-state index in [0.29, 0.717) is 37.2 Å². The first kappa shape index (κ1) is 18.1. The number of fused-ring (bicyclic) bond motifs is 3. The van der Waals surface area contributed by atoms with Crippen LogP contribution >= 0.6 is 0 Å². The smallest absolute Gasteiger partial charge is 0.410 e. The number of hydrogen-bond acceptors (Lipinski definition) is 4. The minimum atomic E-state index is -3.07. The Labute approximate surface area is 145 Å². The highest BCUT2D eigenvalue weighted by atomic mass is 19.3. The number of carbonyl (C=O) groups is 1. The highest BCUT2D eigenvalue weighted by molar-refractivity contribution is 5.68. The quantitative estimate of drug-likeness (QED) is 0.839. The average molecular weight is 357 g/mol. The normalized spacial score (nSPS) is 22.8. The summed E-state index contributed by atoms with van der Waals surface area (Å²) in [5.41, 5.74) is 0.329. The van der Waals surface area contributed by atoms with Crippen molar-refractivity contribution in [2.75, 3.05) is 13.2 Å². The molecule has 1 aromatic rings. The van der Waals surface area contributed by atoms with Gasteiger partial charge >= 0.3 is 6.09 Å². The maximum atomic E-state index is 14.8. The second-order valence-electron chi connectivity index (χ2n) is 7.89. The Hall–Kier alpha value is -1.70. The van der Waals surface area contributed by atoms with Crippen LogP contribution in [0.15, 0.2) is 0 Å². The van der Waals surface area contributed by atoms with Crippen LogP contribution < -0.4 is 0 Å². The Bertz CT molecular complexity index is 667. The predicted octanol–water partition coefficient (Wildman–Crippen LogP) is 2.67. The molecule has 0 radical (unpaired) electrons. The molecular weight excluding hydrogens is 332 g/mol. The standard InChI is InChI=1S/C17H25F2N3O3/c1-16(2,3)25-15(24)21-6-5-13-12(9-21)14-17(18,19)8-11(10-23)4-7-22(14)20-13/h11,23H,4-10H2,1-3H3/t11-/m1/s1. The van der Waals surface area contributed by atoms with Crippen LogP contribution in [-0.2, 0) is 30.2 Å². The van der Waals surface area contributed by atoms with Gasteiger partial charge in [0.25, 0.3) is 5.92 Å². The molecule has 140 valence electrons. The molecule has 3 heterocycles. The fourth-order valence-electron chi connectivity index (χ4n) is 3.50. The topological polar surface area (TPSA) is 67.6 Å². The van der Waals surface area contributed by atoms with E-state index in [1.54, 1.807) is 20.8 Å². The zero-order valence-electron chi connectivity index (χ0n) is 14.9. The molecule has 25 heavy (non-hydrogen) atoms. The maximum Gasteiger partial charge on any atom is 0.410 e. The first-order chi connectivity index (χ1) is 11.6. The molecule has 6 nitrogen and oxygen atoms in total. The Morgan fingerprint density at radius 1 is 1.40 bits per heavy atom. The second kappa shape index (κ2) is 6.23. The van der Waals surface area contributed by atoms with Gasteiger partial charge in [-0.2, -0.15) is 13.9 Å². The van der Waals surface area contributed by atoms with Crippen molar-refractivity contribution in [1.82, 2.24) is 14.7 Å². The third-order valence-electron chi connectivity index (χ3n) is 4.65. The van der Waals surface area contributed by atoms with E-state index in [-0.39, 0.29) is 18.8 Å². The van der Waals surface area contributed by atoms with Gasteiger partial charge in [0.15, 0.2) is 0 Å². The van der Waals surface area contributed by atoms with Crippen LogP contribution in [0.25, 0.3) is 0 Å². The van der Waals surface area contributed by atoms with Crippen LogP contribution in [0.4, 0.5) is 13.6 Å². The van der Waals surface area contributed by atoms with Gasteiger partial charge in [0.1, 0.15) is 11.3 Å². The van der Waals surface area contributed by atoms with Gasteiger partial charge in [-0.05, 0) is 33.1 Å².